The molecule has 0 fully saturated rings. The molecule has 0 radical (unpaired) electrons. The van der Waals surface area contributed by atoms with Gasteiger partial charge >= 0.3 is 0 Å². The van der Waals surface area contributed by atoms with Crippen LogP contribution in [0.5, 0.6) is 0 Å². The number of rotatable bonds is 5. The van der Waals surface area contributed by atoms with Crippen LogP contribution in [0.4, 0.5) is 0 Å². The predicted octanol–water partition coefficient (Wildman–Crippen LogP) is 5.39. The Balaban J connectivity index is 3.18. The van der Waals surface area contributed by atoms with Crippen molar-refractivity contribution in [3.8, 4) is 0 Å². The molecular formula is C19H38O2Si. The van der Waals surface area contributed by atoms with E-state index >= 15 is 0 Å². The van der Waals surface area contributed by atoms with E-state index in [0.717, 1.165) is 0 Å². The normalized spacial score (nSPS) is 33.8. The summed E-state index contributed by atoms with van der Waals surface area (Å²) in [7, 11) is -1.92. The van der Waals surface area contributed by atoms with Gasteiger partial charge in [0.1, 0.15) is 0 Å². The zero-order valence-electron chi connectivity index (χ0n) is 16.1. The topological polar surface area (TPSA) is 29.5 Å². The molecule has 0 aromatic carbocycles. The Morgan fingerprint density at radius 2 is 1.23 bits per heavy atom. The fourth-order valence-electron chi connectivity index (χ4n) is 4.58. The van der Waals surface area contributed by atoms with Crippen LogP contribution >= 0.6 is 0 Å². The molecule has 0 heterocycles. The SMILES string of the molecule is CC(C)[Si](O[C@H]1[C@@H](C)[C@H](O)[C@H](C)C=C[C@H]1C)(C(C)C)C(C)C. The van der Waals surface area contributed by atoms with Crippen LogP contribution < -0.4 is 0 Å². The van der Waals surface area contributed by atoms with E-state index in [1.165, 1.54) is 0 Å². The Kier molecular flexibility index (Phi) is 6.91. The third kappa shape index (κ3) is 3.68. The Bertz CT molecular complexity index is 354. The molecule has 1 rings (SSSR count). The zero-order chi connectivity index (χ0) is 17.2. The van der Waals surface area contributed by atoms with E-state index < -0.39 is 8.32 Å². The second-order valence-electron chi connectivity index (χ2n) is 8.35. The maximum absolute atomic E-state index is 10.6. The minimum absolute atomic E-state index is 0.120. The van der Waals surface area contributed by atoms with Crippen LogP contribution in [0, 0.1) is 17.8 Å². The average molecular weight is 327 g/mol. The van der Waals surface area contributed by atoms with Crippen molar-refractivity contribution >= 4 is 8.32 Å². The molecule has 0 saturated carbocycles. The highest BCUT2D eigenvalue weighted by Gasteiger charge is 2.48. The Hall–Kier alpha value is -0.123. The molecule has 0 aromatic rings. The molecule has 1 N–H and O–H groups in total. The molecule has 22 heavy (non-hydrogen) atoms. The molecule has 5 atom stereocenters. The minimum atomic E-state index is -1.92. The Morgan fingerprint density at radius 1 is 0.818 bits per heavy atom. The van der Waals surface area contributed by atoms with Gasteiger partial charge in [0, 0.05) is 11.8 Å². The standard InChI is InChI=1S/C19H38O2Si/c1-12(2)22(13(3)4,14(5)6)21-19-16(8)11-10-15(7)18(20)17(19)9/h10-20H,1-9H3/t15-,16-,17+,18-,19-/m1/s1. The van der Waals surface area contributed by atoms with Crippen molar-refractivity contribution in [2.24, 2.45) is 17.8 Å². The molecule has 0 aromatic heterocycles. The van der Waals surface area contributed by atoms with E-state index in [1.807, 2.05) is 0 Å². The molecule has 0 saturated heterocycles. The average Bonchev–Trinajstić information content (AvgIpc) is 2.49. The molecule has 0 spiro atoms. The van der Waals surface area contributed by atoms with E-state index in [4.69, 9.17) is 4.43 Å². The fraction of sp³-hybridized carbons (Fsp3) is 0.895. The van der Waals surface area contributed by atoms with Crippen molar-refractivity contribution in [1.82, 2.24) is 0 Å². The molecule has 0 unspecified atom stereocenters. The van der Waals surface area contributed by atoms with Gasteiger partial charge in [0.2, 0.25) is 8.32 Å². The van der Waals surface area contributed by atoms with Gasteiger partial charge in [-0.2, -0.15) is 0 Å². The van der Waals surface area contributed by atoms with Crippen molar-refractivity contribution in [1.29, 1.82) is 0 Å². The Labute approximate surface area is 139 Å². The number of aliphatic hydroxyl groups is 1. The summed E-state index contributed by atoms with van der Waals surface area (Å²) in [6, 6.07) is 0. The first kappa shape index (κ1) is 19.9. The van der Waals surface area contributed by atoms with E-state index in [9.17, 15) is 5.11 Å². The molecule has 1 aliphatic carbocycles. The van der Waals surface area contributed by atoms with Gasteiger partial charge in [-0.3, -0.25) is 0 Å². The maximum Gasteiger partial charge on any atom is 0.200 e. The highest BCUT2D eigenvalue weighted by molar-refractivity contribution is 6.77. The zero-order valence-corrected chi connectivity index (χ0v) is 17.1. The highest BCUT2D eigenvalue weighted by Crippen LogP contribution is 2.45. The van der Waals surface area contributed by atoms with Crippen LogP contribution in [0.15, 0.2) is 12.2 Å². The van der Waals surface area contributed by atoms with Gasteiger partial charge in [-0.25, -0.2) is 0 Å². The highest BCUT2D eigenvalue weighted by atomic mass is 28.4. The largest absolute Gasteiger partial charge is 0.412 e. The molecule has 3 heteroatoms. The van der Waals surface area contributed by atoms with Crippen molar-refractivity contribution < 1.29 is 9.53 Å². The number of hydrogen-bond donors (Lipinski definition) is 1. The van der Waals surface area contributed by atoms with Gasteiger partial charge in [-0.1, -0.05) is 74.5 Å². The fourth-order valence-corrected chi connectivity index (χ4v) is 10.3. The number of aliphatic hydroxyl groups excluding tert-OH is 1. The van der Waals surface area contributed by atoms with Crippen LogP contribution in [-0.4, -0.2) is 25.6 Å². The maximum atomic E-state index is 10.6. The summed E-state index contributed by atoms with van der Waals surface area (Å²) in [6.07, 6.45) is 4.22. The van der Waals surface area contributed by atoms with Crippen LogP contribution in [0.25, 0.3) is 0 Å². The first-order valence-electron chi connectivity index (χ1n) is 9.09. The summed E-state index contributed by atoms with van der Waals surface area (Å²) in [5.41, 5.74) is 1.73. The second-order valence-corrected chi connectivity index (χ2v) is 13.8. The number of hydrogen-bond acceptors (Lipinski definition) is 2. The lowest BCUT2D eigenvalue weighted by molar-refractivity contribution is -0.00114. The molecule has 2 nitrogen and oxygen atoms in total. The van der Waals surface area contributed by atoms with Crippen molar-refractivity contribution in [3.05, 3.63) is 12.2 Å². The summed E-state index contributed by atoms with van der Waals surface area (Å²) in [6.45, 7) is 20.5. The molecule has 0 amide bonds. The van der Waals surface area contributed by atoms with Crippen molar-refractivity contribution in [2.45, 2.75) is 91.1 Å². The van der Waals surface area contributed by atoms with Gasteiger partial charge in [-0.05, 0) is 22.5 Å². The van der Waals surface area contributed by atoms with Crippen LogP contribution in [0.3, 0.4) is 0 Å². The van der Waals surface area contributed by atoms with Gasteiger partial charge in [0.25, 0.3) is 0 Å². The lowest BCUT2D eigenvalue weighted by atomic mass is 9.88. The summed E-state index contributed by atoms with van der Waals surface area (Å²) in [5.74, 6) is 0.736. The third-order valence-electron chi connectivity index (χ3n) is 5.88. The molecule has 0 bridgehead atoms. The molecule has 130 valence electrons. The molecule has 1 aliphatic rings. The lowest BCUT2D eigenvalue weighted by Gasteiger charge is -2.47. The van der Waals surface area contributed by atoms with E-state index in [0.29, 0.717) is 22.5 Å². The smallest absolute Gasteiger partial charge is 0.200 e. The van der Waals surface area contributed by atoms with Gasteiger partial charge in [0.05, 0.1) is 12.2 Å². The monoisotopic (exact) mass is 326 g/mol. The third-order valence-corrected chi connectivity index (χ3v) is 12.0. The first-order chi connectivity index (χ1) is 10.1. The van der Waals surface area contributed by atoms with Crippen LogP contribution in [-0.2, 0) is 4.43 Å². The van der Waals surface area contributed by atoms with E-state index in [1.54, 1.807) is 0 Å². The van der Waals surface area contributed by atoms with Gasteiger partial charge in [-0.15, -0.1) is 0 Å². The summed E-state index contributed by atoms with van der Waals surface area (Å²) in [4.78, 5) is 0. The summed E-state index contributed by atoms with van der Waals surface area (Å²) >= 11 is 0. The lowest BCUT2D eigenvalue weighted by Crippen LogP contribution is -2.53. The minimum Gasteiger partial charge on any atom is -0.412 e. The molecular weight excluding hydrogens is 288 g/mol. The Morgan fingerprint density at radius 3 is 1.64 bits per heavy atom. The van der Waals surface area contributed by atoms with Crippen molar-refractivity contribution in [2.75, 3.05) is 0 Å². The summed E-state index contributed by atoms with van der Waals surface area (Å²) < 4.78 is 7.01. The summed E-state index contributed by atoms with van der Waals surface area (Å²) in [5, 5.41) is 10.6. The molecule has 0 aliphatic heterocycles. The first-order valence-corrected chi connectivity index (χ1v) is 11.2. The van der Waals surface area contributed by atoms with Crippen LogP contribution in [0.2, 0.25) is 16.6 Å². The van der Waals surface area contributed by atoms with Crippen molar-refractivity contribution in [3.63, 3.8) is 0 Å². The van der Waals surface area contributed by atoms with Gasteiger partial charge in [0.15, 0.2) is 0 Å². The van der Waals surface area contributed by atoms with Gasteiger partial charge < -0.3 is 9.53 Å². The van der Waals surface area contributed by atoms with E-state index in [2.05, 4.69) is 74.5 Å². The van der Waals surface area contributed by atoms with E-state index in [-0.39, 0.29) is 24.0 Å². The van der Waals surface area contributed by atoms with Crippen LogP contribution in [0.1, 0.15) is 62.3 Å². The predicted molar refractivity (Wildman–Crippen MR) is 98.6 cm³/mol. The quantitative estimate of drug-likeness (QED) is 0.542. The second kappa shape index (κ2) is 7.63.